The highest BCUT2D eigenvalue weighted by atomic mass is 16.3. The van der Waals surface area contributed by atoms with Crippen LogP contribution in [0, 0.1) is 50.2 Å². The van der Waals surface area contributed by atoms with Crippen LogP contribution in [0.5, 0.6) is 0 Å². The number of fused-ring (bicyclic) bond motifs is 7. The van der Waals surface area contributed by atoms with Gasteiger partial charge in [0.1, 0.15) is 17.4 Å². The first kappa shape index (κ1) is 32.4. The fourth-order valence-electron chi connectivity index (χ4n) is 10.3. The Bertz CT molecular complexity index is 1640. The largest absolute Gasteiger partial charge is 0.381 e. The van der Waals surface area contributed by atoms with Crippen molar-refractivity contribution in [3.63, 3.8) is 0 Å². The van der Waals surface area contributed by atoms with Crippen LogP contribution in [0.3, 0.4) is 0 Å². The predicted octanol–water partition coefficient (Wildman–Crippen LogP) is 3.96. The summed E-state index contributed by atoms with van der Waals surface area (Å²) in [6.07, 6.45) is 10.8. The number of amides is 2. The number of aryl methyl sites for hydroxylation is 1. The summed E-state index contributed by atoms with van der Waals surface area (Å²) in [5, 5.41) is 32.4. The topological polar surface area (TPSA) is 154 Å². The molecular weight excluding hydrogens is 582 g/mol. The molecule has 0 spiro atoms. The first-order valence-electron chi connectivity index (χ1n) is 16.6. The Labute approximate surface area is 271 Å². The maximum absolute atomic E-state index is 14.5. The Balaban J connectivity index is 1.26. The van der Waals surface area contributed by atoms with E-state index in [0.717, 1.165) is 37.7 Å². The van der Waals surface area contributed by atoms with E-state index in [0.29, 0.717) is 25.8 Å². The van der Waals surface area contributed by atoms with Crippen LogP contribution in [-0.4, -0.2) is 57.0 Å². The van der Waals surface area contributed by atoms with Crippen LogP contribution in [0.15, 0.2) is 35.6 Å². The molecule has 0 unspecified atom stereocenters. The first-order valence-corrected chi connectivity index (χ1v) is 16.6. The molecule has 246 valence electrons. The Morgan fingerprint density at radius 3 is 2.48 bits per heavy atom. The molecular formula is C36H47N5O5. The highest BCUT2D eigenvalue weighted by molar-refractivity contribution is 6.02. The van der Waals surface area contributed by atoms with E-state index in [4.69, 9.17) is 0 Å². The van der Waals surface area contributed by atoms with Crippen LogP contribution in [0.25, 0.3) is 0 Å². The van der Waals surface area contributed by atoms with Crippen molar-refractivity contribution in [2.75, 3.05) is 13.1 Å². The third-order valence-electron chi connectivity index (χ3n) is 13.6. The van der Waals surface area contributed by atoms with Gasteiger partial charge in [-0.05, 0) is 84.8 Å². The SMILES string of the molecule is Cn1ccc(C(=O)NCC(=O)NC[C@@]2(C)CC[C@]3(C)CC[C@@]4(C)[C@]5(C)CC[C@H]6CC(=O)C(C#N)=C[C@]6(C)C5=CC(=O)[C@]4(O)[C@@H]3C2)n1. The number of ketones is 2. The van der Waals surface area contributed by atoms with Crippen molar-refractivity contribution in [2.24, 2.45) is 46.0 Å². The fraction of sp³-hybridized carbons (Fsp3) is 0.667. The molecule has 5 aliphatic rings. The highest BCUT2D eigenvalue weighted by Crippen LogP contribution is 2.74. The van der Waals surface area contributed by atoms with Crippen molar-refractivity contribution in [3.05, 3.63) is 41.3 Å². The second-order valence-electron chi connectivity index (χ2n) is 16.2. The molecule has 8 atom stereocenters. The molecule has 0 saturated heterocycles. The third-order valence-corrected chi connectivity index (χ3v) is 13.6. The monoisotopic (exact) mass is 629 g/mol. The number of allylic oxidation sites excluding steroid dienone is 3. The number of Topliss-reactive ketones (excluding diaryl/α,β-unsaturated/α-hetero) is 1. The summed E-state index contributed by atoms with van der Waals surface area (Å²) < 4.78 is 1.52. The van der Waals surface area contributed by atoms with Crippen LogP contribution in [0.2, 0.25) is 0 Å². The number of carbonyl (C=O) groups excluding carboxylic acids is 4. The van der Waals surface area contributed by atoms with E-state index in [1.54, 1.807) is 31.5 Å². The van der Waals surface area contributed by atoms with Crippen LogP contribution in [-0.2, 0) is 21.4 Å². The molecule has 10 nitrogen and oxygen atoms in total. The number of aromatic nitrogens is 2. The standard InChI is InChI=1S/C36H47N5O5/c1-31(21-39-29(44)20-38-30(45)24-8-14-41(6)40-24)10-11-32(2)12-13-35(5)34(4)9-7-23-15-25(42)22(19-37)17-33(23,3)26(34)16-28(43)36(35,46)27(32)18-31/h8,14,16-17,23,27,46H,7,9-13,15,18,20-21H2,1-6H3,(H,38,45)(H,39,44)/t23-,27+,31-,32+,33-,34+,35-,36+/m0/s1. The van der Waals surface area contributed by atoms with E-state index < -0.39 is 27.8 Å². The molecule has 2 amide bonds. The normalized spacial score (nSPS) is 41.4. The fourth-order valence-corrected chi connectivity index (χ4v) is 10.3. The van der Waals surface area contributed by atoms with Gasteiger partial charge in [-0.1, -0.05) is 40.7 Å². The van der Waals surface area contributed by atoms with Gasteiger partial charge in [0, 0.05) is 43.0 Å². The van der Waals surface area contributed by atoms with Gasteiger partial charge in [-0.3, -0.25) is 23.9 Å². The van der Waals surface area contributed by atoms with E-state index >= 15 is 0 Å². The van der Waals surface area contributed by atoms with Crippen LogP contribution >= 0.6 is 0 Å². The van der Waals surface area contributed by atoms with Gasteiger partial charge < -0.3 is 15.7 Å². The van der Waals surface area contributed by atoms with Gasteiger partial charge in [-0.25, -0.2) is 0 Å². The van der Waals surface area contributed by atoms with Gasteiger partial charge >= 0.3 is 0 Å². The second-order valence-corrected chi connectivity index (χ2v) is 16.2. The number of nitriles is 1. The Kier molecular flexibility index (Phi) is 7.36. The summed E-state index contributed by atoms with van der Waals surface area (Å²) in [5.74, 6) is -1.42. The molecule has 1 aromatic heterocycles. The molecule has 5 aliphatic carbocycles. The summed E-state index contributed by atoms with van der Waals surface area (Å²) in [7, 11) is 1.72. The minimum absolute atomic E-state index is 0.0168. The molecule has 3 saturated carbocycles. The second kappa shape index (κ2) is 10.5. The average Bonchev–Trinajstić information content (AvgIpc) is 3.46. The number of nitrogens with one attached hydrogen (secondary N) is 2. The highest BCUT2D eigenvalue weighted by Gasteiger charge is 2.74. The third kappa shape index (κ3) is 4.48. The van der Waals surface area contributed by atoms with Crippen LogP contribution in [0.1, 0.15) is 96.5 Å². The molecule has 1 aromatic rings. The Hall–Kier alpha value is -3.58. The molecule has 1 heterocycles. The van der Waals surface area contributed by atoms with Crippen molar-refractivity contribution in [2.45, 2.75) is 91.6 Å². The van der Waals surface area contributed by atoms with Crippen molar-refractivity contribution < 1.29 is 24.3 Å². The van der Waals surface area contributed by atoms with E-state index in [-0.39, 0.29) is 58.0 Å². The van der Waals surface area contributed by atoms with Gasteiger partial charge in [0.15, 0.2) is 11.6 Å². The molecule has 0 bridgehead atoms. The first-order chi connectivity index (χ1) is 21.4. The van der Waals surface area contributed by atoms with Crippen molar-refractivity contribution in [3.8, 4) is 6.07 Å². The predicted molar refractivity (Wildman–Crippen MR) is 170 cm³/mol. The summed E-state index contributed by atoms with van der Waals surface area (Å²) in [4.78, 5) is 52.4. The minimum Gasteiger partial charge on any atom is -0.381 e. The average molecular weight is 630 g/mol. The van der Waals surface area contributed by atoms with Crippen molar-refractivity contribution in [1.82, 2.24) is 20.4 Å². The van der Waals surface area contributed by atoms with E-state index in [2.05, 4.69) is 56.4 Å². The summed E-state index contributed by atoms with van der Waals surface area (Å²) in [6.45, 7) is 10.9. The Morgan fingerprint density at radius 2 is 1.80 bits per heavy atom. The number of aliphatic hydroxyl groups is 1. The maximum Gasteiger partial charge on any atom is 0.272 e. The van der Waals surface area contributed by atoms with E-state index in [9.17, 15) is 29.5 Å². The maximum atomic E-state index is 14.5. The smallest absolute Gasteiger partial charge is 0.272 e. The van der Waals surface area contributed by atoms with Gasteiger partial charge in [0.25, 0.3) is 5.91 Å². The molecule has 6 rings (SSSR count). The number of carbonyl (C=O) groups is 4. The number of nitrogens with zero attached hydrogens (tertiary/aromatic N) is 3. The Morgan fingerprint density at radius 1 is 1.09 bits per heavy atom. The van der Waals surface area contributed by atoms with E-state index in [1.165, 1.54) is 4.68 Å². The van der Waals surface area contributed by atoms with E-state index in [1.807, 2.05) is 0 Å². The molecule has 0 aliphatic heterocycles. The van der Waals surface area contributed by atoms with Gasteiger partial charge in [-0.15, -0.1) is 0 Å². The zero-order valence-corrected chi connectivity index (χ0v) is 28.0. The lowest BCUT2D eigenvalue weighted by molar-refractivity contribution is -0.242. The molecule has 46 heavy (non-hydrogen) atoms. The van der Waals surface area contributed by atoms with Crippen molar-refractivity contribution >= 4 is 23.4 Å². The molecule has 0 aromatic carbocycles. The lowest BCUT2D eigenvalue weighted by Gasteiger charge is -2.71. The summed E-state index contributed by atoms with van der Waals surface area (Å²) in [6, 6.07) is 3.68. The molecule has 10 heteroatoms. The van der Waals surface area contributed by atoms with Crippen LogP contribution < -0.4 is 10.6 Å². The quantitative estimate of drug-likeness (QED) is 0.445. The molecule has 3 N–H and O–H groups in total. The molecule has 3 fully saturated rings. The summed E-state index contributed by atoms with van der Waals surface area (Å²) >= 11 is 0. The number of hydrogen-bond donors (Lipinski definition) is 3. The van der Waals surface area contributed by atoms with Gasteiger partial charge in [-0.2, -0.15) is 10.4 Å². The van der Waals surface area contributed by atoms with Crippen LogP contribution in [0.4, 0.5) is 0 Å². The number of hydrogen-bond acceptors (Lipinski definition) is 7. The van der Waals surface area contributed by atoms with Crippen molar-refractivity contribution in [1.29, 1.82) is 5.26 Å². The van der Waals surface area contributed by atoms with Gasteiger partial charge in [0.2, 0.25) is 5.91 Å². The summed E-state index contributed by atoms with van der Waals surface area (Å²) in [5.41, 5.74) is -2.70. The van der Waals surface area contributed by atoms with Gasteiger partial charge in [0.05, 0.1) is 12.1 Å². The zero-order chi connectivity index (χ0) is 33.5. The molecule has 0 radical (unpaired) electrons. The minimum atomic E-state index is -1.60. The zero-order valence-electron chi connectivity index (χ0n) is 28.0. The number of rotatable bonds is 5. The lowest BCUT2D eigenvalue weighted by atomic mass is 9.34. The lowest BCUT2D eigenvalue weighted by Crippen LogP contribution is -2.73.